The van der Waals surface area contributed by atoms with Crippen molar-refractivity contribution in [2.75, 3.05) is 6.61 Å². The zero-order valence-corrected chi connectivity index (χ0v) is 17.6. The highest BCUT2D eigenvalue weighted by Crippen LogP contribution is 2.12. The molecule has 0 unspecified atom stereocenters. The predicted molar refractivity (Wildman–Crippen MR) is 110 cm³/mol. The third-order valence-electron chi connectivity index (χ3n) is 4.92. The minimum absolute atomic E-state index is 0.0133. The van der Waals surface area contributed by atoms with Crippen molar-refractivity contribution in [1.29, 1.82) is 0 Å². The van der Waals surface area contributed by atoms with E-state index in [-0.39, 0.29) is 5.97 Å². The molecule has 150 valence electrons. The molecule has 0 fully saturated rings. The summed E-state index contributed by atoms with van der Waals surface area (Å²) in [6.07, 6.45) is 21.2. The van der Waals surface area contributed by atoms with Crippen molar-refractivity contribution in [2.24, 2.45) is 5.92 Å². The van der Waals surface area contributed by atoms with Gasteiger partial charge in [0.1, 0.15) is 0 Å². The first-order chi connectivity index (χ1) is 12.2. The second-order valence-corrected chi connectivity index (χ2v) is 8.10. The first-order valence-corrected chi connectivity index (χ1v) is 11.3. The second-order valence-electron chi connectivity index (χ2n) is 8.10. The number of rotatable bonds is 19. The van der Waals surface area contributed by atoms with Gasteiger partial charge in [0, 0.05) is 6.42 Å². The summed E-state index contributed by atoms with van der Waals surface area (Å²) in [5.41, 5.74) is 0. The van der Waals surface area contributed by atoms with E-state index in [0.717, 1.165) is 18.8 Å². The lowest BCUT2D eigenvalue weighted by Crippen LogP contribution is -2.05. The molecule has 0 rings (SSSR count). The highest BCUT2D eigenvalue weighted by molar-refractivity contribution is 5.69. The quantitative estimate of drug-likeness (QED) is 0.174. The van der Waals surface area contributed by atoms with Crippen molar-refractivity contribution < 1.29 is 9.53 Å². The van der Waals surface area contributed by atoms with Gasteiger partial charge >= 0.3 is 5.97 Å². The Bertz CT molecular complexity index is 273. The van der Waals surface area contributed by atoms with Crippen LogP contribution < -0.4 is 0 Å². The molecule has 0 aromatic carbocycles. The summed E-state index contributed by atoms with van der Waals surface area (Å²) in [6, 6.07) is 0. The molecule has 0 aliphatic heterocycles. The topological polar surface area (TPSA) is 26.3 Å². The number of carbonyl (C=O) groups excluding carboxylic acids is 1. The molecular formula is C23H46O2. The van der Waals surface area contributed by atoms with E-state index >= 15 is 0 Å². The van der Waals surface area contributed by atoms with Gasteiger partial charge in [-0.2, -0.15) is 0 Å². The Morgan fingerprint density at radius 3 is 1.72 bits per heavy atom. The van der Waals surface area contributed by atoms with Crippen LogP contribution in [0, 0.1) is 5.92 Å². The van der Waals surface area contributed by atoms with Crippen LogP contribution in [0.5, 0.6) is 0 Å². The van der Waals surface area contributed by atoms with E-state index in [1.807, 2.05) is 0 Å². The molecule has 2 nitrogen and oxygen atoms in total. The number of hydrogen-bond acceptors (Lipinski definition) is 2. The molecule has 0 aromatic rings. The highest BCUT2D eigenvalue weighted by Gasteiger charge is 2.02. The van der Waals surface area contributed by atoms with Crippen LogP contribution in [0.2, 0.25) is 0 Å². The summed E-state index contributed by atoms with van der Waals surface area (Å²) < 4.78 is 5.33. The Labute approximate surface area is 158 Å². The van der Waals surface area contributed by atoms with E-state index in [9.17, 15) is 4.79 Å². The van der Waals surface area contributed by atoms with Crippen LogP contribution in [0.1, 0.15) is 130 Å². The molecule has 0 N–H and O–H groups in total. The van der Waals surface area contributed by atoms with E-state index in [2.05, 4.69) is 20.8 Å². The molecule has 25 heavy (non-hydrogen) atoms. The van der Waals surface area contributed by atoms with Gasteiger partial charge in [-0.3, -0.25) is 4.79 Å². The first kappa shape index (κ1) is 24.5. The van der Waals surface area contributed by atoms with E-state index in [0.29, 0.717) is 13.0 Å². The third-order valence-corrected chi connectivity index (χ3v) is 4.92. The van der Waals surface area contributed by atoms with Gasteiger partial charge in [0.15, 0.2) is 0 Å². The Morgan fingerprint density at radius 1 is 0.680 bits per heavy atom. The van der Waals surface area contributed by atoms with E-state index in [1.165, 1.54) is 89.9 Å². The van der Waals surface area contributed by atoms with E-state index in [1.54, 1.807) is 0 Å². The van der Waals surface area contributed by atoms with E-state index in [4.69, 9.17) is 4.74 Å². The van der Waals surface area contributed by atoms with Crippen LogP contribution >= 0.6 is 0 Å². The summed E-state index contributed by atoms with van der Waals surface area (Å²) in [4.78, 5) is 11.7. The summed E-state index contributed by atoms with van der Waals surface area (Å²) in [5, 5.41) is 0. The zero-order chi connectivity index (χ0) is 18.6. The molecule has 0 radical (unpaired) electrons. The largest absolute Gasteiger partial charge is 0.466 e. The third kappa shape index (κ3) is 21.4. The van der Waals surface area contributed by atoms with Gasteiger partial charge in [-0.15, -0.1) is 0 Å². The van der Waals surface area contributed by atoms with Crippen molar-refractivity contribution in [1.82, 2.24) is 0 Å². The van der Waals surface area contributed by atoms with Crippen molar-refractivity contribution in [2.45, 2.75) is 130 Å². The average Bonchev–Trinajstić information content (AvgIpc) is 2.58. The van der Waals surface area contributed by atoms with Gasteiger partial charge in [0.25, 0.3) is 0 Å². The van der Waals surface area contributed by atoms with Gasteiger partial charge in [-0.05, 0) is 18.8 Å². The van der Waals surface area contributed by atoms with Crippen molar-refractivity contribution in [3.8, 4) is 0 Å². The maximum absolute atomic E-state index is 11.7. The summed E-state index contributed by atoms with van der Waals surface area (Å²) in [5.74, 6) is 0.847. The van der Waals surface area contributed by atoms with Crippen molar-refractivity contribution >= 4 is 5.97 Å². The fourth-order valence-corrected chi connectivity index (χ4v) is 3.20. The molecule has 2 heteroatoms. The molecule has 0 bridgehead atoms. The van der Waals surface area contributed by atoms with Crippen LogP contribution in [0.15, 0.2) is 0 Å². The number of ether oxygens (including phenoxy) is 1. The van der Waals surface area contributed by atoms with Crippen LogP contribution in [0.4, 0.5) is 0 Å². The van der Waals surface area contributed by atoms with Crippen LogP contribution in [0.3, 0.4) is 0 Å². The molecular weight excluding hydrogens is 308 g/mol. The number of hydrogen-bond donors (Lipinski definition) is 0. The molecule has 0 saturated carbocycles. The lowest BCUT2D eigenvalue weighted by molar-refractivity contribution is -0.143. The molecule has 0 saturated heterocycles. The number of unbranched alkanes of at least 4 members (excludes halogenated alkanes) is 13. The SMILES string of the molecule is CCCCCCCCCCCOC(=O)CCCCCCCCC(C)C. The second kappa shape index (κ2) is 19.8. The van der Waals surface area contributed by atoms with Gasteiger partial charge in [0.05, 0.1) is 6.61 Å². The fraction of sp³-hybridized carbons (Fsp3) is 0.957. The molecule has 0 aliphatic rings. The minimum atomic E-state index is 0.0133. The van der Waals surface area contributed by atoms with Gasteiger partial charge in [-0.1, -0.05) is 111 Å². The summed E-state index contributed by atoms with van der Waals surface area (Å²) in [6.45, 7) is 7.47. The van der Waals surface area contributed by atoms with Gasteiger partial charge in [-0.25, -0.2) is 0 Å². The zero-order valence-electron chi connectivity index (χ0n) is 17.6. The smallest absolute Gasteiger partial charge is 0.305 e. The van der Waals surface area contributed by atoms with Crippen LogP contribution in [0.25, 0.3) is 0 Å². The molecule has 0 amide bonds. The Balaban J connectivity index is 3.16. The average molecular weight is 355 g/mol. The van der Waals surface area contributed by atoms with Crippen molar-refractivity contribution in [3.05, 3.63) is 0 Å². The summed E-state index contributed by atoms with van der Waals surface area (Å²) >= 11 is 0. The Kier molecular flexibility index (Phi) is 19.4. The Hall–Kier alpha value is -0.530. The molecule has 0 aromatic heterocycles. The van der Waals surface area contributed by atoms with Crippen molar-refractivity contribution in [3.63, 3.8) is 0 Å². The van der Waals surface area contributed by atoms with Crippen LogP contribution in [-0.2, 0) is 9.53 Å². The molecule has 0 spiro atoms. The first-order valence-electron chi connectivity index (χ1n) is 11.3. The maximum Gasteiger partial charge on any atom is 0.305 e. The number of carbonyl (C=O) groups is 1. The van der Waals surface area contributed by atoms with E-state index < -0.39 is 0 Å². The normalized spacial score (nSPS) is 11.2. The maximum atomic E-state index is 11.7. The minimum Gasteiger partial charge on any atom is -0.466 e. The molecule has 0 atom stereocenters. The molecule has 0 aliphatic carbocycles. The number of esters is 1. The standard InChI is InChI=1S/C23H46O2/c1-4-5-6-7-8-9-12-15-18-21-25-23(24)20-17-14-11-10-13-16-19-22(2)3/h22H,4-21H2,1-3H3. The lowest BCUT2D eigenvalue weighted by atomic mass is 10.0. The van der Waals surface area contributed by atoms with Crippen LogP contribution in [-0.4, -0.2) is 12.6 Å². The highest BCUT2D eigenvalue weighted by atomic mass is 16.5. The molecule has 0 heterocycles. The predicted octanol–water partition coefficient (Wildman–Crippen LogP) is 7.84. The van der Waals surface area contributed by atoms with Gasteiger partial charge in [0.2, 0.25) is 0 Å². The monoisotopic (exact) mass is 354 g/mol. The Morgan fingerprint density at radius 2 is 1.16 bits per heavy atom. The summed E-state index contributed by atoms with van der Waals surface area (Å²) in [7, 11) is 0. The lowest BCUT2D eigenvalue weighted by Gasteiger charge is -2.06. The van der Waals surface area contributed by atoms with Gasteiger partial charge < -0.3 is 4.74 Å². The fourth-order valence-electron chi connectivity index (χ4n) is 3.20.